The molecule has 4 nitrogen and oxygen atoms in total. The van der Waals surface area contributed by atoms with Crippen LogP contribution in [0, 0.1) is 5.92 Å². The lowest BCUT2D eigenvalue weighted by Crippen LogP contribution is -2.51. The van der Waals surface area contributed by atoms with E-state index in [1.165, 1.54) is 32.4 Å². The molecule has 1 aliphatic carbocycles. The smallest absolute Gasteiger partial charge is 0.237 e. The van der Waals surface area contributed by atoms with E-state index in [9.17, 15) is 4.79 Å². The molecule has 2 fully saturated rings. The van der Waals surface area contributed by atoms with E-state index >= 15 is 0 Å². The van der Waals surface area contributed by atoms with Crippen LogP contribution in [0.2, 0.25) is 0 Å². The molecule has 2 rings (SSSR count). The van der Waals surface area contributed by atoms with Crippen molar-refractivity contribution in [3.8, 4) is 0 Å². The summed E-state index contributed by atoms with van der Waals surface area (Å²) in [5, 5.41) is 6.52. The zero-order valence-corrected chi connectivity index (χ0v) is 13.5. The molecule has 2 atom stereocenters. The summed E-state index contributed by atoms with van der Waals surface area (Å²) in [4.78, 5) is 14.7. The minimum absolute atomic E-state index is 0.101. The number of nitrogens with zero attached hydrogens (tertiary/aromatic N) is 1. The maximum Gasteiger partial charge on any atom is 0.237 e. The van der Waals surface area contributed by atoms with E-state index in [-0.39, 0.29) is 17.5 Å². The molecule has 4 heteroatoms. The van der Waals surface area contributed by atoms with Crippen LogP contribution in [0.3, 0.4) is 0 Å². The third kappa shape index (κ3) is 4.45. The number of hydrogen-bond donors (Lipinski definition) is 2. The minimum atomic E-state index is -0.108. The van der Waals surface area contributed by atoms with E-state index in [1.807, 2.05) is 6.92 Å². The summed E-state index contributed by atoms with van der Waals surface area (Å²) in [5.41, 5.74) is -0.108. The zero-order chi connectivity index (χ0) is 14.8. The van der Waals surface area contributed by atoms with Crippen LogP contribution in [0.4, 0.5) is 0 Å². The van der Waals surface area contributed by atoms with Crippen LogP contribution in [0.5, 0.6) is 0 Å². The fraction of sp³-hybridized carbons (Fsp3) is 0.938. The first-order valence-electron chi connectivity index (χ1n) is 8.20. The molecule has 0 spiro atoms. The number of nitrogens with one attached hydrogen (secondary N) is 2. The predicted molar refractivity (Wildman–Crippen MR) is 82.7 cm³/mol. The summed E-state index contributed by atoms with van der Waals surface area (Å²) < 4.78 is 0. The third-order valence-electron chi connectivity index (χ3n) is 4.83. The summed E-state index contributed by atoms with van der Waals surface area (Å²) in [6.45, 7) is 11.6. The molecule has 0 aromatic carbocycles. The van der Waals surface area contributed by atoms with Gasteiger partial charge in [-0.25, -0.2) is 0 Å². The second-order valence-electron chi connectivity index (χ2n) is 7.24. The summed E-state index contributed by atoms with van der Waals surface area (Å²) in [6.07, 6.45) is 5.01. The van der Waals surface area contributed by atoms with Crippen LogP contribution < -0.4 is 10.6 Å². The molecule has 2 aliphatic rings. The Morgan fingerprint density at radius 2 is 2.05 bits per heavy atom. The summed E-state index contributed by atoms with van der Waals surface area (Å²) >= 11 is 0. The molecule has 116 valence electrons. The molecule has 2 N–H and O–H groups in total. The van der Waals surface area contributed by atoms with Gasteiger partial charge in [-0.2, -0.15) is 0 Å². The van der Waals surface area contributed by atoms with Gasteiger partial charge < -0.3 is 15.5 Å². The fourth-order valence-electron chi connectivity index (χ4n) is 2.77. The van der Waals surface area contributed by atoms with Gasteiger partial charge >= 0.3 is 0 Å². The third-order valence-corrected chi connectivity index (χ3v) is 4.83. The Morgan fingerprint density at radius 1 is 1.35 bits per heavy atom. The van der Waals surface area contributed by atoms with Gasteiger partial charge in [0.25, 0.3) is 0 Å². The van der Waals surface area contributed by atoms with Crippen LogP contribution in [-0.4, -0.2) is 48.1 Å². The van der Waals surface area contributed by atoms with Crippen LogP contribution in [0.25, 0.3) is 0 Å². The Bertz CT molecular complexity index is 339. The van der Waals surface area contributed by atoms with E-state index < -0.39 is 0 Å². The van der Waals surface area contributed by atoms with Crippen molar-refractivity contribution in [1.29, 1.82) is 0 Å². The van der Waals surface area contributed by atoms with Crippen LogP contribution in [0.15, 0.2) is 0 Å². The molecule has 1 aliphatic heterocycles. The fourth-order valence-corrected chi connectivity index (χ4v) is 2.77. The van der Waals surface area contributed by atoms with Gasteiger partial charge in [0.1, 0.15) is 0 Å². The Balaban J connectivity index is 1.66. The van der Waals surface area contributed by atoms with Crippen molar-refractivity contribution >= 4 is 5.91 Å². The molecule has 0 aromatic rings. The number of hydrogen-bond acceptors (Lipinski definition) is 3. The van der Waals surface area contributed by atoms with Gasteiger partial charge in [-0.05, 0) is 65.5 Å². The maximum absolute atomic E-state index is 12.1. The molecule has 1 amide bonds. The lowest BCUT2D eigenvalue weighted by Gasteiger charge is -2.27. The van der Waals surface area contributed by atoms with E-state index in [1.54, 1.807) is 0 Å². The summed E-state index contributed by atoms with van der Waals surface area (Å²) in [7, 11) is 0. The molecule has 0 aromatic heterocycles. The van der Waals surface area contributed by atoms with Crippen molar-refractivity contribution in [2.24, 2.45) is 5.92 Å². The largest absolute Gasteiger partial charge is 0.350 e. The van der Waals surface area contributed by atoms with Crippen molar-refractivity contribution in [1.82, 2.24) is 15.5 Å². The van der Waals surface area contributed by atoms with E-state index in [2.05, 4.69) is 36.3 Å². The van der Waals surface area contributed by atoms with Crippen molar-refractivity contribution in [3.63, 3.8) is 0 Å². The van der Waals surface area contributed by atoms with E-state index in [0.29, 0.717) is 5.92 Å². The lowest BCUT2D eigenvalue weighted by atomic mass is 10.0. The van der Waals surface area contributed by atoms with E-state index in [4.69, 9.17) is 0 Å². The topological polar surface area (TPSA) is 44.4 Å². The second-order valence-corrected chi connectivity index (χ2v) is 7.24. The standard InChI is InChI=1S/C16H31N3O/c1-5-16(3,4)18-15(20)12(2)17-10-13-8-9-19(11-13)14-6-7-14/h12-14,17H,5-11H2,1-4H3,(H,18,20). The SMILES string of the molecule is CCC(C)(C)NC(=O)C(C)NCC1CCN(C2CC2)C1. The highest BCUT2D eigenvalue weighted by Gasteiger charge is 2.34. The first kappa shape index (κ1) is 15.8. The number of amides is 1. The Labute approximate surface area is 123 Å². The van der Waals surface area contributed by atoms with Crippen molar-refractivity contribution in [2.75, 3.05) is 19.6 Å². The Kier molecular flexibility index (Phi) is 5.08. The van der Waals surface area contributed by atoms with Crippen molar-refractivity contribution < 1.29 is 4.79 Å². The average Bonchev–Trinajstić information content (AvgIpc) is 3.15. The van der Waals surface area contributed by atoms with Crippen LogP contribution in [-0.2, 0) is 4.79 Å². The van der Waals surface area contributed by atoms with Gasteiger partial charge in [0.2, 0.25) is 5.91 Å². The average molecular weight is 281 g/mol. The van der Waals surface area contributed by atoms with Crippen molar-refractivity contribution in [3.05, 3.63) is 0 Å². The zero-order valence-electron chi connectivity index (χ0n) is 13.5. The molecular formula is C16H31N3O. The number of rotatable bonds is 7. The highest BCUT2D eigenvalue weighted by Crippen LogP contribution is 2.31. The normalized spacial score (nSPS) is 25.7. The Hall–Kier alpha value is -0.610. The highest BCUT2D eigenvalue weighted by atomic mass is 16.2. The number of carbonyl (C=O) groups excluding carboxylic acids is 1. The van der Waals surface area contributed by atoms with Crippen LogP contribution in [0.1, 0.15) is 53.4 Å². The number of carbonyl (C=O) groups is 1. The lowest BCUT2D eigenvalue weighted by molar-refractivity contribution is -0.124. The second kappa shape index (κ2) is 6.44. The van der Waals surface area contributed by atoms with Gasteiger partial charge in [-0.3, -0.25) is 4.79 Å². The maximum atomic E-state index is 12.1. The quantitative estimate of drug-likeness (QED) is 0.747. The molecule has 2 unspecified atom stereocenters. The van der Waals surface area contributed by atoms with Gasteiger partial charge in [0.05, 0.1) is 6.04 Å². The molecular weight excluding hydrogens is 250 g/mol. The minimum Gasteiger partial charge on any atom is -0.350 e. The highest BCUT2D eigenvalue weighted by molar-refractivity contribution is 5.81. The molecule has 0 bridgehead atoms. The molecule has 1 saturated heterocycles. The van der Waals surface area contributed by atoms with Gasteiger partial charge in [0.15, 0.2) is 0 Å². The molecule has 1 heterocycles. The van der Waals surface area contributed by atoms with Crippen molar-refractivity contribution in [2.45, 2.75) is 71.0 Å². The molecule has 0 radical (unpaired) electrons. The van der Waals surface area contributed by atoms with E-state index in [0.717, 1.165) is 19.0 Å². The first-order chi connectivity index (χ1) is 9.41. The molecule has 1 saturated carbocycles. The predicted octanol–water partition coefficient (Wildman–Crippen LogP) is 1.75. The Morgan fingerprint density at radius 3 is 2.65 bits per heavy atom. The van der Waals surface area contributed by atoms with Gasteiger partial charge in [0, 0.05) is 18.1 Å². The summed E-state index contributed by atoms with van der Waals surface area (Å²) in [5.74, 6) is 0.832. The number of likely N-dealkylation sites (tertiary alicyclic amines) is 1. The first-order valence-corrected chi connectivity index (χ1v) is 8.20. The van der Waals surface area contributed by atoms with Gasteiger partial charge in [-0.15, -0.1) is 0 Å². The monoisotopic (exact) mass is 281 g/mol. The van der Waals surface area contributed by atoms with Gasteiger partial charge in [-0.1, -0.05) is 6.92 Å². The molecule has 20 heavy (non-hydrogen) atoms. The summed E-state index contributed by atoms with van der Waals surface area (Å²) in [6, 6.07) is 0.780. The van der Waals surface area contributed by atoms with Crippen LogP contribution >= 0.6 is 0 Å².